The highest BCUT2D eigenvalue weighted by molar-refractivity contribution is 7.14. The normalized spacial score (nSPS) is 10.8. The van der Waals surface area contributed by atoms with Gasteiger partial charge in [-0.3, -0.25) is 4.98 Å². The zero-order valence-electron chi connectivity index (χ0n) is 10.9. The third-order valence-corrected chi connectivity index (χ3v) is 3.59. The number of pyridine rings is 1. The third-order valence-electron chi connectivity index (χ3n) is 2.58. The van der Waals surface area contributed by atoms with E-state index in [1.54, 1.807) is 6.07 Å². The number of aromatic nitrogens is 3. The number of hydrogen-bond donors (Lipinski definition) is 1. The molecule has 0 aliphatic carbocycles. The highest BCUT2D eigenvalue weighted by atomic mass is 32.1. The van der Waals surface area contributed by atoms with E-state index in [9.17, 15) is 4.39 Å². The molecule has 2 aromatic rings. The fraction of sp³-hybridized carbons (Fsp3) is 0.462. The maximum atomic E-state index is 12.8. The smallest absolute Gasteiger partial charge is 0.166 e. The second-order valence-corrected chi connectivity index (χ2v) is 5.28. The molecule has 0 amide bonds. The van der Waals surface area contributed by atoms with Crippen LogP contribution in [0.25, 0.3) is 10.7 Å². The lowest BCUT2D eigenvalue weighted by Gasteiger charge is -1.99. The molecule has 2 heterocycles. The van der Waals surface area contributed by atoms with Gasteiger partial charge in [-0.05, 0) is 38.1 Å². The van der Waals surface area contributed by atoms with Gasteiger partial charge in [0.15, 0.2) is 5.01 Å². The Morgan fingerprint density at radius 2 is 2.16 bits per heavy atom. The molecule has 0 radical (unpaired) electrons. The molecule has 0 unspecified atom stereocenters. The molecular weight excluding hydrogens is 263 g/mol. The van der Waals surface area contributed by atoms with Crippen molar-refractivity contribution >= 4 is 11.3 Å². The van der Waals surface area contributed by atoms with Crippen molar-refractivity contribution in [2.75, 3.05) is 13.1 Å². The summed E-state index contributed by atoms with van der Waals surface area (Å²) in [5.41, 5.74) is 0.675. The molecule has 19 heavy (non-hydrogen) atoms. The SMILES string of the molecule is CCCNCCCc1nnc(-c2ccc(F)cn2)s1. The van der Waals surface area contributed by atoms with E-state index in [0.29, 0.717) is 5.69 Å². The predicted molar refractivity (Wildman–Crippen MR) is 74.6 cm³/mol. The molecule has 0 fully saturated rings. The molecule has 6 heteroatoms. The van der Waals surface area contributed by atoms with Crippen LogP contribution in [-0.2, 0) is 6.42 Å². The summed E-state index contributed by atoms with van der Waals surface area (Å²) >= 11 is 1.52. The Morgan fingerprint density at radius 3 is 2.89 bits per heavy atom. The molecule has 0 atom stereocenters. The van der Waals surface area contributed by atoms with E-state index >= 15 is 0 Å². The monoisotopic (exact) mass is 280 g/mol. The van der Waals surface area contributed by atoms with Gasteiger partial charge in [0.25, 0.3) is 0 Å². The number of hydrogen-bond acceptors (Lipinski definition) is 5. The Labute approximate surface area is 116 Å². The molecular formula is C13H17FN4S. The summed E-state index contributed by atoms with van der Waals surface area (Å²) in [6.45, 7) is 4.21. The van der Waals surface area contributed by atoms with Gasteiger partial charge in [-0.1, -0.05) is 18.3 Å². The Hall–Kier alpha value is -1.40. The Morgan fingerprint density at radius 1 is 1.26 bits per heavy atom. The van der Waals surface area contributed by atoms with Crippen molar-refractivity contribution in [1.82, 2.24) is 20.5 Å². The van der Waals surface area contributed by atoms with E-state index in [0.717, 1.165) is 42.4 Å². The van der Waals surface area contributed by atoms with Crippen LogP contribution in [-0.4, -0.2) is 28.3 Å². The fourth-order valence-electron chi connectivity index (χ4n) is 1.63. The first-order chi connectivity index (χ1) is 9.29. The van der Waals surface area contributed by atoms with Gasteiger partial charge in [-0.15, -0.1) is 10.2 Å². The summed E-state index contributed by atoms with van der Waals surface area (Å²) in [6, 6.07) is 3.01. The first-order valence-electron chi connectivity index (χ1n) is 6.44. The van der Waals surface area contributed by atoms with Crippen LogP contribution in [0.4, 0.5) is 4.39 Å². The van der Waals surface area contributed by atoms with Crippen molar-refractivity contribution in [1.29, 1.82) is 0 Å². The lowest BCUT2D eigenvalue weighted by atomic mass is 10.3. The minimum Gasteiger partial charge on any atom is -0.317 e. The predicted octanol–water partition coefficient (Wildman–Crippen LogP) is 2.67. The summed E-state index contributed by atoms with van der Waals surface area (Å²) in [5, 5.41) is 13.3. The zero-order chi connectivity index (χ0) is 13.5. The minimum atomic E-state index is -0.338. The molecule has 0 saturated heterocycles. The number of nitrogens with one attached hydrogen (secondary N) is 1. The molecule has 0 bridgehead atoms. The van der Waals surface area contributed by atoms with Gasteiger partial charge in [-0.2, -0.15) is 0 Å². The average molecular weight is 280 g/mol. The van der Waals surface area contributed by atoms with Gasteiger partial charge < -0.3 is 5.32 Å². The van der Waals surface area contributed by atoms with Crippen LogP contribution in [0.2, 0.25) is 0 Å². The van der Waals surface area contributed by atoms with Crippen molar-refractivity contribution in [3.63, 3.8) is 0 Å². The first kappa shape index (κ1) is 14.0. The number of aryl methyl sites for hydroxylation is 1. The van der Waals surface area contributed by atoms with Crippen LogP contribution in [0.5, 0.6) is 0 Å². The third kappa shape index (κ3) is 4.33. The molecule has 0 spiro atoms. The fourth-order valence-corrected chi connectivity index (χ4v) is 2.49. The van der Waals surface area contributed by atoms with Crippen molar-refractivity contribution in [3.05, 3.63) is 29.2 Å². The van der Waals surface area contributed by atoms with Crippen molar-refractivity contribution < 1.29 is 4.39 Å². The number of nitrogens with zero attached hydrogens (tertiary/aromatic N) is 3. The first-order valence-corrected chi connectivity index (χ1v) is 7.26. The van der Waals surface area contributed by atoms with Crippen LogP contribution >= 0.6 is 11.3 Å². The highest BCUT2D eigenvalue weighted by Gasteiger charge is 2.07. The average Bonchev–Trinajstić information content (AvgIpc) is 2.88. The van der Waals surface area contributed by atoms with E-state index < -0.39 is 0 Å². The Kier molecular flexibility index (Phi) is 5.35. The standard InChI is InChI=1S/C13H17FN4S/c1-2-7-15-8-3-4-12-17-18-13(19-12)11-6-5-10(14)9-16-11/h5-6,9,15H,2-4,7-8H2,1H3. The van der Waals surface area contributed by atoms with E-state index in [2.05, 4.69) is 27.4 Å². The van der Waals surface area contributed by atoms with Gasteiger partial charge >= 0.3 is 0 Å². The zero-order valence-corrected chi connectivity index (χ0v) is 11.7. The number of halogens is 1. The van der Waals surface area contributed by atoms with Crippen molar-refractivity contribution in [2.45, 2.75) is 26.2 Å². The quantitative estimate of drug-likeness (QED) is 0.792. The van der Waals surface area contributed by atoms with E-state index in [1.165, 1.54) is 23.6 Å². The molecule has 4 nitrogen and oxygen atoms in total. The molecule has 102 valence electrons. The topological polar surface area (TPSA) is 50.7 Å². The minimum absolute atomic E-state index is 0.338. The molecule has 0 aromatic carbocycles. The molecule has 2 rings (SSSR count). The van der Waals surface area contributed by atoms with Gasteiger partial charge in [0.2, 0.25) is 0 Å². The van der Waals surface area contributed by atoms with Gasteiger partial charge in [0, 0.05) is 6.42 Å². The van der Waals surface area contributed by atoms with Gasteiger partial charge in [-0.25, -0.2) is 4.39 Å². The highest BCUT2D eigenvalue weighted by Crippen LogP contribution is 2.22. The lowest BCUT2D eigenvalue weighted by Crippen LogP contribution is -2.16. The van der Waals surface area contributed by atoms with Crippen LogP contribution < -0.4 is 5.32 Å². The van der Waals surface area contributed by atoms with E-state index in [4.69, 9.17) is 0 Å². The van der Waals surface area contributed by atoms with Gasteiger partial charge in [0.05, 0.1) is 6.20 Å². The van der Waals surface area contributed by atoms with Crippen LogP contribution in [0, 0.1) is 5.82 Å². The molecule has 2 aromatic heterocycles. The number of rotatable bonds is 7. The Bertz CT molecular complexity index is 498. The van der Waals surface area contributed by atoms with Crippen LogP contribution in [0.15, 0.2) is 18.3 Å². The molecule has 0 saturated carbocycles. The van der Waals surface area contributed by atoms with Crippen molar-refractivity contribution in [2.24, 2.45) is 0 Å². The molecule has 0 aliphatic heterocycles. The summed E-state index contributed by atoms with van der Waals surface area (Å²) in [4.78, 5) is 4.00. The van der Waals surface area contributed by atoms with Gasteiger partial charge in [0.1, 0.15) is 16.5 Å². The van der Waals surface area contributed by atoms with E-state index in [-0.39, 0.29) is 5.82 Å². The largest absolute Gasteiger partial charge is 0.317 e. The van der Waals surface area contributed by atoms with Crippen molar-refractivity contribution in [3.8, 4) is 10.7 Å². The maximum absolute atomic E-state index is 12.8. The Balaban J connectivity index is 1.86. The summed E-state index contributed by atoms with van der Waals surface area (Å²) in [7, 11) is 0. The molecule has 1 N–H and O–H groups in total. The van der Waals surface area contributed by atoms with E-state index in [1.807, 2.05) is 0 Å². The summed E-state index contributed by atoms with van der Waals surface area (Å²) in [5.74, 6) is -0.338. The van der Waals surface area contributed by atoms with Crippen LogP contribution in [0.3, 0.4) is 0 Å². The molecule has 0 aliphatic rings. The maximum Gasteiger partial charge on any atom is 0.166 e. The summed E-state index contributed by atoms with van der Waals surface area (Å²) in [6.07, 6.45) is 4.31. The second kappa shape index (κ2) is 7.25. The van der Waals surface area contributed by atoms with Crippen LogP contribution in [0.1, 0.15) is 24.8 Å². The second-order valence-electron chi connectivity index (χ2n) is 4.22. The summed E-state index contributed by atoms with van der Waals surface area (Å²) < 4.78 is 12.8. The lowest BCUT2D eigenvalue weighted by molar-refractivity contribution is 0.622.